The second kappa shape index (κ2) is 8.59. The molecule has 0 spiro atoms. The fourth-order valence-corrected chi connectivity index (χ4v) is 5.64. The van der Waals surface area contributed by atoms with Crippen molar-refractivity contribution in [2.24, 2.45) is 10.8 Å². The summed E-state index contributed by atoms with van der Waals surface area (Å²) in [6, 6.07) is 0. The number of thiazole rings is 1. The first kappa shape index (κ1) is 23.5. The predicted octanol–water partition coefficient (Wildman–Crippen LogP) is 6.23. The zero-order chi connectivity index (χ0) is 23.9. The van der Waals surface area contributed by atoms with Crippen LogP contribution >= 0.6 is 11.3 Å². The van der Waals surface area contributed by atoms with E-state index in [0.29, 0.717) is 17.8 Å². The molecule has 0 aliphatic heterocycles. The molecule has 3 aliphatic rings. The number of ether oxygens (including phenoxy) is 1. The highest BCUT2D eigenvalue weighted by atomic mass is 32.1. The Morgan fingerprint density at radius 3 is 2.21 bits per heavy atom. The maximum absolute atomic E-state index is 13.4. The van der Waals surface area contributed by atoms with Gasteiger partial charge in [-0.3, -0.25) is 4.79 Å². The number of anilines is 1. The molecule has 5 nitrogen and oxygen atoms in total. The molecule has 0 bridgehead atoms. The number of hydrogen-bond acceptors (Lipinski definition) is 5. The molecule has 0 saturated heterocycles. The Morgan fingerprint density at radius 2 is 1.73 bits per heavy atom. The molecular weight excluding hydrogens is 453 g/mol. The van der Waals surface area contributed by atoms with Crippen LogP contribution in [0.1, 0.15) is 61.3 Å². The molecule has 1 fully saturated rings. The van der Waals surface area contributed by atoms with E-state index in [-0.39, 0.29) is 11.7 Å². The van der Waals surface area contributed by atoms with Crippen molar-refractivity contribution < 1.29 is 27.5 Å². The van der Waals surface area contributed by atoms with Gasteiger partial charge in [-0.2, -0.15) is 13.2 Å². The van der Waals surface area contributed by atoms with Gasteiger partial charge >= 0.3 is 12.1 Å². The largest absolute Gasteiger partial charge is 0.462 e. The number of rotatable bonds is 6. The van der Waals surface area contributed by atoms with Gasteiger partial charge in [0.25, 0.3) is 0 Å². The number of esters is 1. The molecule has 3 aliphatic carbocycles. The van der Waals surface area contributed by atoms with Crippen molar-refractivity contribution in [3.63, 3.8) is 0 Å². The van der Waals surface area contributed by atoms with Crippen molar-refractivity contribution in [1.82, 2.24) is 4.98 Å². The van der Waals surface area contributed by atoms with Gasteiger partial charge in [-0.15, -0.1) is 0 Å². The number of hydrogen-bond donors (Lipinski definition) is 1. The van der Waals surface area contributed by atoms with Gasteiger partial charge in [-0.05, 0) is 57.1 Å². The summed E-state index contributed by atoms with van der Waals surface area (Å²) >= 11 is 0.483. The molecule has 1 N–H and O–H groups in total. The summed E-state index contributed by atoms with van der Waals surface area (Å²) in [5.74, 6) is -1.52. The number of allylic oxidation sites excluding steroid dienone is 8. The molecule has 1 saturated carbocycles. The molecule has 0 radical (unpaired) electrons. The van der Waals surface area contributed by atoms with E-state index in [1.807, 2.05) is 6.92 Å². The third-order valence-electron chi connectivity index (χ3n) is 6.49. The first-order valence-corrected chi connectivity index (χ1v) is 11.8. The van der Waals surface area contributed by atoms with Crippen LogP contribution < -0.4 is 5.32 Å². The minimum absolute atomic E-state index is 0.0679. The fourth-order valence-electron chi connectivity index (χ4n) is 4.76. The summed E-state index contributed by atoms with van der Waals surface area (Å²) in [5.41, 5.74) is -0.608. The molecule has 33 heavy (non-hydrogen) atoms. The van der Waals surface area contributed by atoms with Crippen LogP contribution in [0.5, 0.6) is 0 Å². The lowest BCUT2D eigenvalue weighted by Crippen LogP contribution is -2.29. The lowest BCUT2D eigenvalue weighted by Gasteiger charge is -2.28. The molecule has 9 heteroatoms. The topological polar surface area (TPSA) is 68.3 Å². The smallest absolute Gasteiger partial charge is 0.435 e. The number of carbonyl (C=O) groups excluding carboxylic acids is 2. The van der Waals surface area contributed by atoms with E-state index in [1.54, 1.807) is 0 Å². The number of alkyl halides is 3. The van der Waals surface area contributed by atoms with Crippen LogP contribution in [-0.2, 0) is 15.7 Å². The first-order valence-electron chi connectivity index (χ1n) is 10.9. The number of carbonyl (C=O) groups is 2. The highest BCUT2D eigenvalue weighted by molar-refractivity contribution is 7.17. The van der Waals surface area contributed by atoms with E-state index in [2.05, 4.69) is 46.8 Å². The van der Waals surface area contributed by atoms with Crippen molar-refractivity contribution in [3.8, 4) is 0 Å². The number of nitrogens with zero attached hydrogens (tertiary/aromatic N) is 1. The molecule has 1 heterocycles. The van der Waals surface area contributed by atoms with Crippen molar-refractivity contribution in [3.05, 3.63) is 58.2 Å². The normalized spacial score (nSPS) is 23.5. The molecule has 1 unspecified atom stereocenters. The summed E-state index contributed by atoms with van der Waals surface area (Å²) in [6.45, 7) is 3.27. The Balaban J connectivity index is 1.65. The molecule has 1 aromatic rings. The Labute approximate surface area is 194 Å². The lowest BCUT2D eigenvalue weighted by atomic mass is 9.76. The van der Waals surface area contributed by atoms with Crippen LogP contribution in [0, 0.1) is 10.8 Å². The van der Waals surface area contributed by atoms with Crippen LogP contribution in [0.2, 0.25) is 0 Å². The third kappa shape index (κ3) is 4.07. The van der Waals surface area contributed by atoms with E-state index in [9.17, 15) is 22.8 Å². The monoisotopic (exact) mass is 478 g/mol. The van der Waals surface area contributed by atoms with E-state index >= 15 is 0 Å². The first-order chi connectivity index (χ1) is 15.6. The molecule has 1 aromatic heterocycles. The second-order valence-electron chi connectivity index (χ2n) is 8.56. The molecule has 176 valence electrons. The molecule has 0 aromatic carbocycles. The van der Waals surface area contributed by atoms with Gasteiger partial charge in [0, 0.05) is 5.41 Å². The van der Waals surface area contributed by atoms with Crippen LogP contribution in [-0.4, -0.2) is 23.5 Å². The van der Waals surface area contributed by atoms with Crippen molar-refractivity contribution in [2.45, 2.75) is 52.1 Å². The van der Waals surface area contributed by atoms with Gasteiger partial charge in [0.05, 0.1) is 12.0 Å². The Bertz CT molecular complexity index is 1060. The van der Waals surface area contributed by atoms with Gasteiger partial charge in [0.1, 0.15) is 4.88 Å². The van der Waals surface area contributed by atoms with E-state index in [4.69, 9.17) is 4.74 Å². The fraction of sp³-hybridized carbons (Fsp3) is 0.458. The van der Waals surface area contributed by atoms with E-state index < -0.39 is 39.5 Å². The summed E-state index contributed by atoms with van der Waals surface area (Å²) in [7, 11) is 0. The minimum Gasteiger partial charge on any atom is -0.462 e. The van der Waals surface area contributed by atoms with Gasteiger partial charge < -0.3 is 10.1 Å². The van der Waals surface area contributed by atoms with Crippen molar-refractivity contribution in [2.75, 3.05) is 11.9 Å². The summed E-state index contributed by atoms with van der Waals surface area (Å²) in [5, 5.41) is 2.30. The second-order valence-corrected chi connectivity index (χ2v) is 9.56. The summed E-state index contributed by atoms with van der Waals surface area (Å²) in [4.78, 5) is 28.3. The van der Waals surface area contributed by atoms with E-state index in [1.165, 1.54) is 6.92 Å². The van der Waals surface area contributed by atoms with Gasteiger partial charge in [-0.25, -0.2) is 9.78 Å². The number of halogens is 3. The lowest BCUT2D eigenvalue weighted by molar-refractivity contribution is -0.141. The highest BCUT2D eigenvalue weighted by Gasteiger charge is 2.71. The van der Waals surface area contributed by atoms with Crippen LogP contribution in [0.3, 0.4) is 0 Å². The van der Waals surface area contributed by atoms with Crippen LogP contribution in [0.4, 0.5) is 18.3 Å². The predicted molar refractivity (Wildman–Crippen MR) is 120 cm³/mol. The number of nitrogens with one attached hydrogen (secondary N) is 1. The zero-order valence-electron chi connectivity index (χ0n) is 18.4. The summed E-state index contributed by atoms with van der Waals surface area (Å²) < 4.78 is 45.1. The maximum Gasteiger partial charge on any atom is 0.435 e. The van der Waals surface area contributed by atoms with Crippen LogP contribution in [0.25, 0.3) is 0 Å². The molecule has 1 amide bonds. The molecule has 4 rings (SSSR count). The Hall–Kier alpha value is -2.68. The number of amides is 1. The number of aromatic nitrogens is 1. The summed E-state index contributed by atoms with van der Waals surface area (Å²) in [6.07, 6.45) is 11.9. The van der Waals surface area contributed by atoms with Crippen LogP contribution in [0.15, 0.2) is 47.6 Å². The Kier molecular flexibility index (Phi) is 6.11. The average Bonchev–Trinajstić information content (AvgIpc) is 3.22. The zero-order valence-corrected chi connectivity index (χ0v) is 19.2. The molecular formula is C24H25F3N2O3S. The van der Waals surface area contributed by atoms with Crippen molar-refractivity contribution >= 4 is 28.3 Å². The van der Waals surface area contributed by atoms with Crippen molar-refractivity contribution in [1.29, 1.82) is 0 Å². The van der Waals surface area contributed by atoms with E-state index in [0.717, 1.165) is 36.8 Å². The van der Waals surface area contributed by atoms with Gasteiger partial charge in [-0.1, -0.05) is 47.8 Å². The SMILES string of the molecule is CCOC(=O)c1sc(NC(=O)C2(C)CC2(C2=CCCC=C2)C2=CCCC=C2)nc1C(F)(F)F. The van der Waals surface area contributed by atoms with Gasteiger partial charge in [0.15, 0.2) is 10.8 Å². The molecule has 1 atom stereocenters. The quantitative estimate of drug-likeness (QED) is 0.493. The standard InChI is InChI=1S/C24H25F3N2O3S/c1-3-32-19(30)17-18(24(25,26)27)28-21(33-17)29-20(31)22(2)14-23(22,15-10-6-4-7-11-15)16-12-8-5-9-13-16/h6,8,10-13H,3-5,7,9,14H2,1-2H3,(H,28,29,31). The Morgan fingerprint density at radius 1 is 1.12 bits per heavy atom. The average molecular weight is 479 g/mol. The highest BCUT2D eigenvalue weighted by Crippen LogP contribution is 2.73. The maximum atomic E-state index is 13.4. The third-order valence-corrected chi connectivity index (χ3v) is 7.44. The minimum atomic E-state index is -4.84. The van der Waals surface area contributed by atoms with Gasteiger partial charge in [0.2, 0.25) is 5.91 Å².